The molecule has 0 aromatic heterocycles. The van der Waals surface area contributed by atoms with Crippen LogP contribution in [-0.2, 0) is 4.74 Å². The van der Waals surface area contributed by atoms with Crippen molar-refractivity contribution in [1.82, 2.24) is 4.90 Å². The molecule has 0 spiro atoms. The lowest BCUT2D eigenvalue weighted by Gasteiger charge is -2.45. The molecule has 98 valence electrons. The molecule has 0 aromatic rings. The molecular formula is C14H26N2O. The summed E-state index contributed by atoms with van der Waals surface area (Å²) in [4.78, 5) is 2.67. The van der Waals surface area contributed by atoms with Crippen LogP contribution >= 0.6 is 0 Å². The molecule has 0 radical (unpaired) electrons. The second-order valence-corrected chi connectivity index (χ2v) is 7.13. The zero-order valence-electron chi connectivity index (χ0n) is 11.2. The SMILES string of the molecule is CC1(C)CCC(CN)(N2CC3CCC(C2)O3)C1. The number of hydrogen-bond acceptors (Lipinski definition) is 3. The van der Waals surface area contributed by atoms with Crippen LogP contribution in [0.2, 0.25) is 0 Å². The number of nitrogens with two attached hydrogens (primary N) is 1. The summed E-state index contributed by atoms with van der Waals surface area (Å²) in [6.45, 7) is 7.82. The number of morpholine rings is 1. The molecule has 2 heterocycles. The highest BCUT2D eigenvalue weighted by molar-refractivity contribution is 5.04. The van der Waals surface area contributed by atoms with Gasteiger partial charge in [0.25, 0.3) is 0 Å². The average Bonchev–Trinajstić information content (AvgIpc) is 2.80. The highest BCUT2D eigenvalue weighted by atomic mass is 16.5. The molecule has 1 aliphatic carbocycles. The smallest absolute Gasteiger partial charge is 0.0707 e. The molecule has 3 atom stereocenters. The van der Waals surface area contributed by atoms with Gasteiger partial charge in [-0.05, 0) is 37.5 Å². The zero-order chi connectivity index (χ0) is 12.1. The molecule has 0 amide bonds. The summed E-state index contributed by atoms with van der Waals surface area (Å²) in [5, 5.41) is 0. The third-order valence-corrected chi connectivity index (χ3v) is 5.17. The minimum absolute atomic E-state index is 0.272. The van der Waals surface area contributed by atoms with E-state index in [0.717, 1.165) is 19.6 Å². The topological polar surface area (TPSA) is 38.5 Å². The first kappa shape index (κ1) is 11.9. The highest BCUT2D eigenvalue weighted by Gasteiger charge is 2.49. The second kappa shape index (κ2) is 3.94. The van der Waals surface area contributed by atoms with Crippen molar-refractivity contribution in [1.29, 1.82) is 0 Å². The number of nitrogens with zero attached hydrogens (tertiary/aromatic N) is 1. The maximum absolute atomic E-state index is 6.15. The van der Waals surface area contributed by atoms with Gasteiger partial charge in [0.2, 0.25) is 0 Å². The van der Waals surface area contributed by atoms with Crippen LogP contribution in [0.5, 0.6) is 0 Å². The zero-order valence-corrected chi connectivity index (χ0v) is 11.2. The third-order valence-electron chi connectivity index (χ3n) is 5.17. The first-order valence-electron chi connectivity index (χ1n) is 7.14. The molecular weight excluding hydrogens is 212 g/mol. The van der Waals surface area contributed by atoms with E-state index in [0.29, 0.717) is 17.6 Å². The fourth-order valence-electron chi connectivity index (χ4n) is 4.21. The molecule has 3 fully saturated rings. The fraction of sp³-hybridized carbons (Fsp3) is 1.00. The van der Waals surface area contributed by atoms with Crippen molar-refractivity contribution in [3.05, 3.63) is 0 Å². The lowest BCUT2D eigenvalue weighted by molar-refractivity contribution is -0.0773. The molecule has 3 nitrogen and oxygen atoms in total. The highest BCUT2D eigenvalue weighted by Crippen LogP contribution is 2.47. The van der Waals surface area contributed by atoms with E-state index in [9.17, 15) is 0 Å². The van der Waals surface area contributed by atoms with Crippen LogP contribution in [0.3, 0.4) is 0 Å². The summed E-state index contributed by atoms with van der Waals surface area (Å²) in [6.07, 6.45) is 7.33. The number of ether oxygens (including phenoxy) is 1. The Morgan fingerprint density at radius 1 is 1.18 bits per heavy atom. The normalized spacial score (nSPS) is 45.4. The Morgan fingerprint density at radius 2 is 1.82 bits per heavy atom. The summed E-state index contributed by atoms with van der Waals surface area (Å²) in [6, 6.07) is 0. The molecule has 2 aliphatic heterocycles. The van der Waals surface area contributed by atoms with Crippen LogP contribution < -0.4 is 5.73 Å². The van der Waals surface area contributed by atoms with Crippen LogP contribution in [0, 0.1) is 5.41 Å². The Bertz CT molecular complexity index is 293. The molecule has 3 heteroatoms. The van der Waals surface area contributed by atoms with Gasteiger partial charge in [-0.3, -0.25) is 4.90 Å². The van der Waals surface area contributed by atoms with Crippen LogP contribution in [0.1, 0.15) is 46.0 Å². The summed E-state index contributed by atoms with van der Waals surface area (Å²) in [5.74, 6) is 0. The van der Waals surface area contributed by atoms with E-state index < -0.39 is 0 Å². The Hall–Kier alpha value is -0.120. The molecule has 3 unspecified atom stereocenters. The predicted molar refractivity (Wildman–Crippen MR) is 68.9 cm³/mol. The molecule has 3 aliphatic rings. The van der Waals surface area contributed by atoms with Crippen molar-refractivity contribution < 1.29 is 4.74 Å². The molecule has 1 saturated carbocycles. The fourth-order valence-corrected chi connectivity index (χ4v) is 4.21. The molecule has 3 rings (SSSR count). The van der Waals surface area contributed by atoms with Crippen molar-refractivity contribution >= 4 is 0 Å². The Labute approximate surface area is 105 Å². The van der Waals surface area contributed by atoms with Crippen LogP contribution in [-0.4, -0.2) is 42.3 Å². The van der Waals surface area contributed by atoms with Gasteiger partial charge in [-0.15, -0.1) is 0 Å². The van der Waals surface area contributed by atoms with Crippen molar-refractivity contribution in [2.24, 2.45) is 11.1 Å². The number of rotatable bonds is 2. The van der Waals surface area contributed by atoms with Gasteiger partial charge in [0.15, 0.2) is 0 Å². The third kappa shape index (κ3) is 2.02. The summed E-state index contributed by atoms with van der Waals surface area (Å²) >= 11 is 0. The minimum Gasteiger partial charge on any atom is -0.372 e. The summed E-state index contributed by atoms with van der Waals surface area (Å²) in [7, 11) is 0. The lowest BCUT2D eigenvalue weighted by Crippen LogP contribution is -2.58. The lowest BCUT2D eigenvalue weighted by atomic mass is 9.86. The number of fused-ring (bicyclic) bond motifs is 2. The van der Waals surface area contributed by atoms with Gasteiger partial charge in [0.1, 0.15) is 0 Å². The predicted octanol–water partition coefficient (Wildman–Crippen LogP) is 1.76. The first-order valence-corrected chi connectivity index (χ1v) is 7.14. The van der Waals surface area contributed by atoms with E-state index in [-0.39, 0.29) is 5.54 Å². The van der Waals surface area contributed by atoms with E-state index in [1.165, 1.54) is 32.1 Å². The maximum Gasteiger partial charge on any atom is 0.0707 e. The Morgan fingerprint density at radius 3 is 2.29 bits per heavy atom. The quantitative estimate of drug-likeness (QED) is 0.796. The van der Waals surface area contributed by atoms with E-state index in [4.69, 9.17) is 10.5 Å². The first-order chi connectivity index (χ1) is 8.03. The van der Waals surface area contributed by atoms with Crippen molar-refractivity contribution in [2.75, 3.05) is 19.6 Å². The van der Waals surface area contributed by atoms with Crippen LogP contribution in [0.25, 0.3) is 0 Å². The van der Waals surface area contributed by atoms with Gasteiger partial charge in [-0.25, -0.2) is 0 Å². The Balaban J connectivity index is 1.77. The van der Waals surface area contributed by atoms with Crippen LogP contribution in [0.4, 0.5) is 0 Å². The van der Waals surface area contributed by atoms with Crippen LogP contribution in [0.15, 0.2) is 0 Å². The number of likely N-dealkylation sites (tertiary alicyclic amines) is 1. The molecule has 2 saturated heterocycles. The largest absolute Gasteiger partial charge is 0.372 e. The van der Waals surface area contributed by atoms with Gasteiger partial charge in [0, 0.05) is 25.2 Å². The molecule has 17 heavy (non-hydrogen) atoms. The van der Waals surface area contributed by atoms with Crippen molar-refractivity contribution in [2.45, 2.75) is 63.7 Å². The number of hydrogen-bond donors (Lipinski definition) is 1. The van der Waals surface area contributed by atoms with Gasteiger partial charge >= 0.3 is 0 Å². The van der Waals surface area contributed by atoms with Gasteiger partial charge < -0.3 is 10.5 Å². The maximum atomic E-state index is 6.15. The van der Waals surface area contributed by atoms with Gasteiger partial charge in [-0.2, -0.15) is 0 Å². The van der Waals surface area contributed by atoms with E-state index in [1.54, 1.807) is 0 Å². The van der Waals surface area contributed by atoms with Crippen molar-refractivity contribution in [3.63, 3.8) is 0 Å². The van der Waals surface area contributed by atoms with E-state index >= 15 is 0 Å². The summed E-state index contributed by atoms with van der Waals surface area (Å²) < 4.78 is 5.95. The molecule has 0 aromatic carbocycles. The Kier molecular flexibility index (Phi) is 2.77. The minimum atomic E-state index is 0.272. The second-order valence-electron chi connectivity index (χ2n) is 7.13. The summed E-state index contributed by atoms with van der Waals surface area (Å²) in [5.41, 5.74) is 6.89. The monoisotopic (exact) mass is 238 g/mol. The standard InChI is InChI=1S/C14H26N2O/c1-13(2)5-6-14(9-13,10-15)16-7-11-3-4-12(8-16)17-11/h11-12H,3-10,15H2,1-2H3. The van der Waals surface area contributed by atoms with E-state index in [2.05, 4.69) is 18.7 Å². The molecule has 2 N–H and O–H groups in total. The molecule has 2 bridgehead atoms. The van der Waals surface area contributed by atoms with Gasteiger partial charge in [0.05, 0.1) is 12.2 Å². The van der Waals surface area contributed by atoms with Crippen molar-refractivity contribution in [3.8, 4) is 0 Å². The van der Waals surface area contributed by atoms with Gasteiger partial charge in [-0.1, -0.05) is 13.8 Å². The van der Waals surface area contributed by atoms with E-state index in [1.807, 2.05) is 0 Å². The average molecular weight is 238 g/mol.